The zero-order valence-electron chi connectivity index (χ0n) is 7.47. The monoisotopic (exact) mass is 158 g/mol. The van der Waals surface area contributed by atoms with Gasteiger partial charge in [-0.1, -0.05) is 6.92 Å². The van der Waals surface area contributed by atoms with Crippen molar-refractivity contribution < 1.29 is 4.65 Å². The number of piperazine rings is 1. The van der Waals surface area contributed by atoms with Crippen molar-refractivity contribution in [1.82, 2.24) is 5.32 Å². The Bertz CT molecular complexity index is 121. The first-order valence-corrected chi connectivity index (χ1v) is 4.47. The molecule has 1 aliphatic rings. The van der Waals surface area contributed by atoms with E-state index in [0.717, 1.165) is 32.6 Å². The molecule has 0 aliphatic carbocycles. The largest absolute Gasteiger partial charge is 0.633 e. The van der Waals surface area contributed by atoms with E-state index in [4.69, 9.17) is 0 Å². The fourth-order valence-corrected chi connectivity index (χ4v) is 1.55. The quantitative estimate of drug-likeness (QED) is 0.474. The molecule has 1 saturated heterocycles. The molecule has 1 N–H and O–H groups in total. The molecule has 1 unspecified atom stereocenters. The van der Waals surface area contributed by atoms with Crippen molar-refractivity contribution in [3.05, 3.63) is 5.21 Å². The highest BCUT2D eigenvalue weighted by Crippen LogP contribution is 2.15. The average molecular weight is 158 g/mol. The summed E-state index contributed by atoms with van der Waals surface area (Å²) in [6.07, 6.45) is 0.990. The fraction of sp³-hybridized carbons (Fsp3) is 1.00. The minimum Gasteiger partial charge on any atom is -0.633 e. The van der Waals surface area contributed by atoms with Gasteiger partial charge in [0.2, 0.25) is 0 Å². The van der Waals surface area contributed by atoms with Crippen molar-refractivity contribution in [3.8, 4) is 0 Å². The molecule has 0 aromatic rings. The van der Waals surface area contributed by atoms with Gasteiger partial charge >= 0.3 is 0 Å². The maximum Gasteiger partial charge on any atom is 0.0913 e. The maximum atomic E-state index is 12.0. The molecule has 1 atom stereocenters. The third kappa shape index (κ3) is 1.92. The lowest BCUT2D eigenvalue weighted by Gasteiger charge is -2.49. The van der Waals surface area contributed by atoms with Gasteiger partial charge in [0.1, 0.15) is 0 Å². The van der Waals surface area contributed by atoms with E-state index in [1.807, 2.05) is 0 Å². The van der Waals surface area contributed by atoms with Crippen LogP contribution in [0.4, 0.5) is 0 Å². The number of hydrogen-bond acceptors (Lipinski definition) is 2. The van der Waals surface area contributed by atoms with Crippen LogP contribution < -0.4 is 5.32 Å². The molecule has 0 amide bonds. The molecule has 0 aromatic heterocycles. The highest BCUT2D eigenvalue weighted by molar-refractivity contribution is 4.61. The van der Waals surface area contributed by atoms with Gasteiger partial charge in [-0.15, -0.1) is 0 Å². The molecule has 0 spiro atoms. The van der Waals surface area contributed by atoms with Crippen LogP contribution >= 0.6 is 0 Å². The molecule has 3 heteroatoms. The number of nitrogens with zero attached hydrogens (tertiary/aromatic N) is 1. The Morgan fingerprint density at radius 2 is 2.00 bits per heavy atom. The predicted octanol–water partition coefficient (Wildman–Crippen LogP) is 0.703. The zero-order chi connectivity index (χ0) is 8.32. The summed E-state index contributed by atoms with van der Waals surface area (Å²) in [4.78, 5) is 0. The van der Waals surface area contributed by atoms with Crippen LogP contribution in [-0.4, -0.2) is 36.9 Å². The first-order chi connectivity index (χ1) is 5.19. The van der Waals surface area contributed by atoms with E-state index in [2.05, 4.69) is 19.2 Å². The molecule has 1 fully saturated rings. The van der Waals surface area contributed by atoms with Crippen LogP contribution in [0.2, 0.25) is 0 Å². The van der Waals surface area contributed by atoms with Gasteiger partial charge in [-0.05, 0) is 13.3 Å². The van der Waals surface area contributed by atoms with Crippen molar-refractivity contribution in [3.63, 3.8) is 0 Å². The van der Waals surface area contributed by atoms with E-state index < -0.39 is 0 Å². The number of rotatable bonds is 2. The number of nitrogens with one attached hydrogen (secondary N) is 1. The van der Waals surface area contributed by atoms with E-state index in [0.29, 0.717) is 0 Å². The fourth-order valence-electron chi connectivity index (χ4n) is 1.55. The lowest BCUT2D eigenvalue weighted by Crippen LogP contribution is -2.58. The molecule has 1 aliphatic heterocycles. The van der Waals surface area contributed by atoms with Gasteiger partial charge in [0.15, 0.2) is 0 Å². The molecular weight excluding hydrogens is 140 g/mol. The summed E-state index contributed by atoms with van der Waals surface area (Å²) in [5, 5.41) is 15.2. The standard InChI is InChI=1S/C8H18N2O/c1-3-8(2)10(11)6-4-9-5-7-10/h8-9H,3-7H2,1-2H3. The van der Waals surface area contributed by atoms with E-state index in [9.17, 15) is 5.21 Å². The second-order valence-electron chi connectivity index (χ2n) is 3.41. The van der Waals surface area contributed by atoms with Crippen LogP contribution in [-0.2, 0) is 0 Å². The van der Waals surface area contributed by atoms with Crippen molar-refractivity contribution in [2.75, 3.05) is 26.2 Å². The Kier molecular flexibility index (Phi) is 2.87. The first kappa shape index (κ1) is 8.97. The van der Waals surface area contributed by atoms with Gasteiger partial charge < -0.3 is 15.2 Å². The molecule has 1 heterocycles. The predicted molar refractivity (Wildman–Crippen MR) is 46.0 cm³/mol. The summed E-state index contributed by atoms with van der Waals surface area (Å²) in [5.41, 5.74) is 0. The Morgan fingerprint density at radius 1 is 1.45 bits per heavy atom. The molecular formula is C8H18N2O. The topological polar surface area (TPSA) is 35.1 Å². The lowest BCUT2D eigenvalue weighted by molar-refractivity contribution is -0.905. The van der Waals surface area contributed by atoms with Crippen molar-refractivity contribution in [2.24, 2.45) is 0 Å². The molecule has 0 aromatic carbocycles. The minimum atomic E-state index is 0.0174. The zero-order valence-corrected chi connectivity index (χ0v) is 7.47. The second kappa shape index (κ2) is 3.52. The van der Waals surface area contributed by atoms with Crippen LogP contribution in [0.5, 0.6) is 0 Å². The van der Waals surface area contributed by atoms with Crippen LogP contribution in [0.15, 0.2) is 0 Å². The molecule has 1 rings (SSSR count). The molecule has 66 valence electrons. The normalized spacial score (nSPS) is 26.5. The minimum absolute atomic E-state index is 0.0174. The van der Waals surface area contributed by atoms with E-state index in [-0.39, 0.29) is 10.7 Å². The SMILES string of the molecule is CCC(C)[N+]1([O-])CCNCC1. The average Bonchev–Trinajstić information content (AvgIpc) is 2.04. The summed E-state index contributed by atoms with van der Waals surface area (Å²) in [7, 11) is 0. The van der Waals surface area contributed by atoms with Gasteiger partial charge in [0.05, 0.1) is 19.1 Å². The van der Waals surface area contributed by atoms with Crippen molar-refractivity contribution in [2.45, 2.75) is 26.3 Å². The number of hydrogen-bond donors (Lipinski definition) is 1. The second-order valence-corrected chi connectivity index (χ2v) is 3.41. The van der Waals surface area contributed by atoms with Crippen molar-refractivity contribution >= 4 is 0 Å². The van der Waals surface area contributed by atoms with Crippen LogP contribution in [0.25, 0.3) is 0 Å². The molecule has 11 heavy (non-hydrogen) atoms. The lowest BCUT2D eigenvalue weighted by atomic mass is 10.2. The Morgan fingerprint density at radius 3 is 2.45 bits per heavy atom. The maximum absolute atomic E-state index is 12.0. The number of quaternary nitrogens is 1. The van der Waals surface area contributed by atoms with Gasteiger partial charge in [0, 0.05) is 13.1 Å². The summed E-state index contributed by atoms with van der Waals surface area (Å²) in [6, 6.07) is 0.275. The van der Waals surface area contributed by atoms with Crippen LogP contribution in [0.3, 0.4) is 0 Å². The van der Waals surface area contributed by atoms with E-state index in [1.54, 1.807) is 0 Å². The number of hydroxylamine groups is 3. The summed E-state index contributed by atoms with van der Waals surface area (Å²) >= 11 is 0. The molecule has 0 bridgehead atoms. The summed E-state index contributed by atoms with van der Waals surface area (Å²) in [6.45, 7) is 7.40. The summed E-state index contributed by atoms with van der Waals surface area (Å²) in [5.74, 6) is 0. The van der Waals surface area contributed by atoms with E-state index >= 15 is 0 Å². The van der Waals surface area contributed by atoms with Crippen LogP contribution in [0, 0.1) is 5.21 Å². The van der Waals surface area contributed by atoms with E-state index in [1.165, 1.54) is 0 Å². The highest BCUT2D eigenvalue weighted by atomic mass is 16.5. The highest BCUT2D eigenvalue weighted by Gasteiger charge is 2.25. The smallest absolute Gasteiger partial charge is 0.0913 e. The summed E-state index contributed by atoms with van der Waals surface area (Å²) < 4.78 is 0.0174. The van der Waals surface area contributed by atoms with Gasteiger partial charge in [-0.25, -0.2) is 0 Å². The van der Waals surface area contributed by atoms with Gasteiger partial charge in [-0.2, -0.15) is 0 Å². The molecule has 3 nitrogen and oxygen atoms in total. The Balaban J connectivity index is 2.49. The van der Waals surface area contributed by atoms with Gasteiger partial charge in [0.25, 0.3) is 0 Å². The van der Waals surface area contributed by atoms with Crippen LogP contribution in [0.1, 0.15) is 20.3 Å². The third-order valence-electron chi connectivity index (χ3n) is 2.73. The Labute approximate surface area is 68.6 Å². The van der Waals surface area contributed by atoms with Crippen molar-refractivity contribution in [1.29, 1.82) is 0 Å². The Hall–Kier alpha value is -0.120. The third-order valence-corrected chi connectivity index (χ3v) is 2.73. The molecule has 0 saturated carbocycles. The first-order valence-electron chi connectivity index (χ1n) is 4.47. The van der Waals surface area contributed by atoms with Gasteiger partial charge in [-0.3, -0.25) is 0 Å². The molecule has 0 radical (unpaired) electrons.